The van der Waals surface area contributed by atoms with Gasteiger partial charge in [0.25, 0.3) is 0 Å². The molecule has 110 valence electrons. The number of likely N-dealkylation sites (tertiary alicyclic amines) is 1. The molecule has 1 aliphatic rings. The van der Waals surface area contributed by atoms with Gasteiger partial charge in [-0.1, -0.05) is 47.6 Å². The Balaban J connectivity index is 2.61. The van der Waals surface area contributed by atoms with E-state index in [1.165, 1.54) is 19.8 Å². The summed E-state index contributed by atoms with van der Waals surface area (Å²) >= 11 is 22.8. The average Bonchev–Trinajstić information content (AvgIpc) is 2.54. The molecule has 1 amide bonds. The predicted molar refractivity (Wildman–Crippen MR) is 83.7 cm³/mol. The number of nitrogens with one attached hydrogen (secondary N) is 2. The topological polar surface area (TPSA) is 44.4 Å². The minimum absolute atomic E-state index is 0.289. The van der Waals surface area contributed by atoms with Crippen LogP contribution >= 0.6 is 47.0 Å². The van der Waals surface area contributed by atoms with E-state index in [-0.39, 0.29) is 5.91 Å². The zero-order valence-corrected chi connectivity index (χ0v) is 13.8. The number of carbonyl (C=O) groups is 1. The second-order valence-electron chi connectivity index (χ2n) is 4.53. The summed E-state index contributed by atoms with van der Waals surface area (Å²) in [6.45, 7) is 3.14. The van der Waals surface area contributed by atoms with Crippen molar-refractivity contribution in [3.05, 3.63) is 0 Å². The largest absolute Gasteiger partial charge is 0.349 e. The Bertz CT molecular complexity index is 328. The van der Waals surface area contributed by atoms with Gasteiger partial charge in [0.15, 0.2) is 5.11 Å². The molecule has 0 aromatic carbocycles. The minimum Gasteiger partial charge on any atom is -0.349 e. The smallest absolute Gasteiger partial charge is 0.228 e. The molecule has 1 heterocycles. The van der Waals surface area contributed by atoms with Gasteiger partial charge in [0.2, 0.25) is 9.70 Å². The highest BCUT2D eigenvalue weighted by molar-refractivity contribution is 7.80. The van der Waals surface area contributed by atoms with Crippen LogP contribution in [0.2, 0.25) is 0 Å². The third-order valence-corrected chi connectivity index (χ3v) is 3.87. The number of nitrogens with zero attached hydrogens (tertiary/aromatic N) is 1. The number of hydrogen-bond donors (Lipinski definition) is 2. The third-order valence-electron chi connectivity index (χ3n) is 2.84. The van der Waals surface area contributed by atoms with E-state index < -0.39 is 9.96 Å². The molecule has 1 aliphatic heterocycles. The van der Waals surface area contributed by atoms with E-state index >= 15 is 0 Å². The van der Waals surface area contributed by atoms with E-state index in [1.807, 2.05) is 4.90 Å². The van der Waals surface area contributed by atoms with Gasteiger partial charge in [-0.05, 0) is 25.1 Å². The molecule has 8 heteroatoms. The van der Waals surface area contributed by atoms with Gasteiger partial charge < -0.3 is 15.5 Å². The molecule has 1 atom stereocenters. The number of hydrogen-bond acceptors (Lipinski definition) is 2. The normalized spacial score (nSPS) is 18.4. The summed E-state index contributed by atoms with van der Waals surface area (Å²) in [5.74, 6) is -0.289. The summed E-state index contributed by atoms with van der Waals surface area (Å²) < 4.78 is -1.67. The van der Waals surface area contributed by atoms with Crippen LogP contribution in [0.1, 0.15) is 32.6 Å². The van der Waals surface area contributed by atoms with Gasteiger partial charge >= 0.3 is 0 Å². The van der Waals surface area contributed by atoms with Crippen LogP contribution in [0.3, 0.4) is 0 Å². The van der Waals surface area contributed by atoms with Gasteiger partial charge in [-0.25, -0.2) is 0 Å². The zero-order chi connectivity index (χ0) is 14.5. The van der Waals surface area contributed by atoms with Crippen LogP contribution in [-0.4, -0.2) is 39.0 Å². The Kier molecular flexibility index (Phi) is 6.94. The van der Waals surface area contributed by atoms with Crippen molar-refractivity contribution in [1.29, 1.82) is 0 Å². The molecule has 0 bridgehead atoms. The van der Waals surface area contributed by atoms with Crippen molar-refractivity contribution in [2.75, 3.05) is 13.1 Å². The molecule has 0 aromatic heterocycles. The van der Waals surface area contributed by atoms with Crippen molar-refractivity contribution >= 4 is 58.0 Å². The van der Waals surface area contributed by atoms with Crippen molar-refractivity contribution in [2.24, 2.45) is 0 Å². The maximum atomic E-state index is 11.1. The fraction of sp³-hybridized carbons (Fsp3) is 0.818. The molecule has 1 fully saturated rings. The summed E-state index contributed by atoms with van der Waals surface area (Å²) in [4.78, 5) is 13.2. The summed E-state index contributed by atoms with van der Waals surface area (Å²) in [5.41, 5.74) is 0. The molecular formula is C11H18Cl3N3OS. The Morgan fingerprint density at radius 1 is 1.16 bits per heavy atom. The molecule has 0 unspecified atom stereocenters. The van der Waals surface area contributed by atoms with E-state index in [0.29, 0.717) is 5.11 Å². The lowest BCUT2D eigenvalue weighted by Gasteiger charge is -2.31. The number of thiocarbonyl (C=S) groups is 1. The maximum Gasteiger partial charge on any atom is 0.228 e. The number of halogens is 3. The van der Waals surface area contributed by atoms with Crippen LogP contribution < -0.4 is 10.6 Å². The lowest BCUT2D eigenvalue weighted by molar-refractivity contribution is -0.119. The molecule has 0 saturated carbocycles. The monoisotopic (exact) mass is 345 g/mol. The van der Waals surface area contributed by atoms with E-state index in [0.717, 1.165) is 25.9 Å². The number of carbonyl (C=O) groups excluding carboxylic acids is 1. The summed E-state index contributed by atoms with van der Waals surface area (Å²) in [6, 6.07) is 0. The molecule has 1 rings (SSSR count). The quantitative estimate of drug-likeness (QED) is 0.458. The second-order valence-corrected chi connectivity index (χ2v) is 7.28. The van der Waals surface area contributed by atoms with Gasteiger partial charge in [0.1, 0.15) is 6.17 Å². The Labute approximate surface area is 134 Å². The standard InChI is InChI=1S/C11H18Cl3N3OS/c1-8(18)15-9(11(12,13)14)16-10(19)17-6-4-2-3-5-7-17/h9H,2-7H2,1H3,(H,15,18)(H,16,19)/t9-/m1/s1. The summed E-state index contributed by atoms with van der Waals surface area (Å²) in [7, 11) is 0. The molecule has 4 nitrogen and oxygen atoms in total. The first kappa shape index (κ1) is 17.1. The van der Waals surface area contributed by atoms with E-state index in [9.17, 15) is 4.79 Å². The summed E-state index contributed by atoms with van der Waals surface area (Å²) in [6.07, 6.45) is 3.77. The number of alkyl halides is 3. The van der Waals surface area contributed by atoms with Gasteiger partial charge in [-0.3, -0.25) is 4.79 Å². The van der Waals surface area contributed by atoms with E-state index in [4.69, 9.17) is 47.0 Å². The van der Waals surface area contributed by atoms with Crippen LogP contribution in [0, 0.1) is 0 Å². The van der Waals surface area contributed by atoms with Crippen LogP contribution in [0.25, 0.3) is 0 Å². The molecule has 0 aromatic rings. The molecular weight excluding hydrogens is 329 g/mol. The van der Waals surface area contributed by atoms with E-state index in [2.05, 4.69) is 10.6 Å². The predicted octanol–water partition coefficient (Wildman–Crippen LogP) is 2.57. The van der Waals surface area contributed by atoms with E-state index in [1.54, 1.807) is 0 Å². The van der Waals surface area contributed by atoms with Crippen LogP contribution in [-0.2, 0) is 4.79 Å². The van der Waals surface area contributed by atoms with Crippen LogP contribution in [0.4, 0.5) is 0 Å². The van der Waals surface area contributed by atoms with Crippen molar-refractivity contribution in [3.63, 3.8) is 0 Å². The fourth-order valence-corrected chi connectivity index (χ4v) is 2.52. The Hall–Kier alpha value is 0.0300. The van der Waals surface area contributed by atoms with Gasteiger partial charge in [0.05, 0.1) is 0 Å². The fourth-order valence-electron chi connectivity index (χ4n) is 1.89. The SMILES string of the molecule is CC(=O)N[C@H](NC(=S)N1CCCCCC1)C(Cl)(Cl)Cl. The molecule has 1 saturated heterocycles. The highest BCUT2D eigenvalue weighted by Crippen LogP contribution is 2.29. The van der Waals surface area contributed by atoms with Gasteiger partial charge in [-0.15, -0.1) is 0 Å². The van der Waals surface area contributed by atoms with Crippen molar-refractivity contribution in [3.8, 4) is 0 Å². The minimum atomic E-state index is -1.67. The van der Waals surface area contributed by atoms with Gasteiger partial charge in [-0.2, -0.15) is 0 Å². The molecule has 0 spiro atoms. The number of rotatable bonds is 2. The van der Waals surface area contributed by atoms with Crippen molar-refractivity contribution in [1.82, 2.24) is 15.5 Å². The molecule has 0 radical (unpaired) electrons. The number of amides is 1. The highest BCUT2D eigenvalue weighted by atomic mass is 35.6. The Morgan fingerprint density at radius 2 is 1.68 bits per heavy atom. The van der Waals surface area contributed by atoms with Crippen molar-refractivity contribution < 1.29 is 4.79 Å². The van der Waals surface area contributed by atoms with Crippen LogP contribution in [0.15, 0.2) is 0 Å². The average molecular weight is 347 g/mol. The molecule has 2 N–H and O–H groups in total. The maximum absolute atomic E-state index is 11.1. The highest BCUT2D eigenvalue weighted by Gasteiger charge is 2.34. The van der Waals surface area contributed by atoms with Crippen molar-refractivity contribution in [2.45, 2.75) is 42.6 Å². The molecule has 0 aliphatic carbocycles. The first-order chi connectivity index (χ1) is 8.80. The lowest BCUT2D eigenvalue weighted by Crippen LogP contribution is -2.57. The molecule has 19 heavy (non-hydrogen) atoms. The van der Waals surface area contributed by atoms with Crippen LogP contribution in [0.5, 0.6) is 0 Å². The first-order valence-electron chi connectivity index (χ1n) is 6.20. The third kappa shape index (κ3) is 6.34. The first-order valence-corrected chi connectivity index (χ1v) is 7.74. The Morgan fingerprint density at radius 3 is 2.11 bits per heavy atom. The van der Waals surface area contributed by atoms with Gasteiger partial charge in [0, 0.05) is 20.0 Å². The zero-order valence-electron chi connectivity index (χ0n) is 10.7. The lowest BCUT2D eigenvalue weighted by atomic mass is 10.2. The second kappa shape index (κ2) is 7.72. The summed E-state index contributed by atoms with van der Waals surface area (Å²) in [5, 5.41) is 5.97.